The normalized spacial score (nSPS) is 12.6. The summed E-state index contributed by atoms with van der Waals surface area (Å²) >= 11 is 5.10. The molecule has 0 spiro atoms. The van der Waals surface area contributed by atoms with E-state index in [4.69, 9.17) is 0 Å². The van der Waals surface area contributed by atoms with Crippen LogP contribution in [0, 0.1) is 0 Å². The van der Waals surface area contributed by atoms with E-state index >= 15 is 0 Å². The number of nitrogens with one attached hydrogen (secondary N) is 1. The Morgan fingerprint density at radius 3 is 2.44 bits per heavy atom. The van der Waals surface area contributed by atoms with Crippen LogP contribution < -0.4 is 5.32 Å². The second-order valence-electron chi connectivity index (χ2n) is 4.12. The van der Waals surface area contributed by atoms with Crippen molar-refractivity contribution in [2.45, 2.75) is 19.5 Å². The zero-order valence-electron chi connectivity index (χ0n) is 9.85. The standard InChI is InChI=1S/C13H14BrNO2S/c1-8(9-2-11(16)5-12(17)3-9)15-6-13-4-10(14)7-18-13/h2-5,7-8,15-17H,6H2,1H3. The highest BCUT2D eigenvalue weighted by atomic mass is 79.9. The lowest BCUT2D eigenvalue weighted by atomic mass is 10.1. The first-order chi connectivity index (χ1) is 8.54. The summed E-state index contributed by atoms with van der Waals surface area (Å²) in [4.78, 5) is 1.23. The maximum atomic E-state index is 9.44. The molecule has 0 amide bonds. The molecule has 18 heavy (non-hydrogen) atoms. The summed E-state index contributed by atoms with van der Waals surface area (Å²) in [6, 6.07) is 6.77. The number of rotatable bonds is 4. The molecule has 3 nitrogen and oxygen atoms in total. The van der Waals surface area contributed by atoms with Gasteiger partial charge in [0.1, 0.15) is 11.5 Å². The molecule has 96 valence electrons. The van der Waals surface area contributed by atoms with Gasteiger partial charge in [-0.3, -0.25) is 0 Å². The molecule has 0 saturated carbocycles. The van der Waals surface area contributed by atoms with Gasteiger partial charge < -0.3 is 15.5 Å². The number of aromatic hydroxyl groups is 2. The molecule has 0 fully saturated rings. The predicted molar refractivity (Wildman–Crippen MR) is 77.0 cm³/mol. The fraction of sp³-hybridized carbons (Fsp3) is 0.231. The minimum Gasteiger partial charge on any atom is -0.508 e. The van der Waals surface area contributed by atoms with Gasteiger partial charge in [-0.05, 0) is 46.6 Å². The molecule has 5 heteroatoms. The van der Waals surface area contributed by atoms with Crippen molar-refractivity contribution in [1.82, 2.24) is 5.32 Å². The third-order valence-corrected chi connectivity index (χ3v) is 4.33. The largest absolute Gasteiger partial charge is 0.508 e. The molecule has 1 aromatic carbocycles. The fourth-order valence-corrected chi connectivity index (χ4v) is 3.09. The molecule has 1 aromatic heterocycles. The van der Waals surface area contributed by atoms with Crippen LogP contribution in [0.25, 0.3) is 0 Å². The number of halogens is 1. The first-order valence-corrected chi connectivity index (χ1v) is 7.21. The monoisotopic (exact) mass is 327 g/mol. The maximum Gasteiger partial charge on any atom is 0.119 e. The molecule has 0 aliphatic heterocycles. The smallest absolute Gasteiger partial charge is 0.119 e. The van der Waals surface area contributed by atoms with Gasteiger partial charge in [0.15, 0.2) is 0 Å². The summed E-state index contributed by atoms with van der Waals surface area (Å²) < 4.78 is 1.09. The van der Waals surface area contributed by atoms with Gasteiger partial charge in [0.2, 0.25) is 0 Å². The summed E-state index contributed by atoms with van der Waals surface area (Å²) in [6.07, 6.45) is 0. The summed E-state index contributed by atoms with van der Waals surface area (Å²) in [5.74, 6) is 0.162. The molecule has 1 heterocycles. The van der Waals surface area contributed by atoms with Gasteiger partial charge in [-0.1, -0.05) is 0 Å². The molecule has 0 aliphatic rings. The van der Waals surface area contributed by atoms with Gasteiger partial charge in [-0.25, -0.2) is 0 Å². The van der Waals surface area contributed by atoms with Crippen molar-refractivity contribution in [2.75, 3.05) is 0 Å². The van der Waals surface area contributed by atoms with E-state index in [1.807, 2.05) is 12.3 Å². The van der Waals surface area contributed by atoms with Gasteiger partial charge in [-0.15, -0.1) is 11.3 Å². The number of thiophene rings is 1. The third kappa shape index (κ3) is 3.48. The van der Waals surface area contributed by atoms with E-state index in [0.29, 0.717) is 0 Å². The predicted octanol–water partition coefficient (Wildman–Crippen LogP) is 3.77. The first-order valence-electron chi connectivity index (χ1n) is 5.54. The zero-order valence-corrected chi connectivity index (χ0v) is 12.3. The molecule has 0 bridgehead atoms. The Kier molecular flexibility index (Phi) is 4.27. The van der Waals surface area contributed by atoms with E-state index in [-0.39, 0.29) is 17.5 Å². The average Bonchev–Trinajstić information content (AvgIpc) is 2.70. The Labute approximate surface area is 118 Å². The van der Waals surface area contributed by atoms with Gasteiger partial charge >= 0.3 is 0 Å². The SMILES string of the molecule is CC(NCc1cc(Br)cs1)c1cc(O)cc(O)c1. The molecule has 0 saturated heterocycles. The summed E-state index contributed by atoms with van der Waals surface area (Å²) in [5.41, 5.74) is 0.864. The van der Waals surface area contributed by atoms with Crippen molar-refractivity contribution in [3.63, 3.8) is 0 Å². The summed E-state index contributed by atoms with van der Waals surface area (Å²) in [7, 11) is 0. The highest BCUT2D eigenvalue weighted by Crippen LogP contribution is 2.25. The Balaban J connectivity index is 2.01. The van der Waals surface area contributed by atoms with Crippen molar-refractivity contribution < 1.29 is 10.2 Å². The molecule has 1 unspecified atom stereocenters. The van der Waals surface area contributed by atoms with Gasteiger partial charge in [0.05, 0.1) is 0 Å². The molecule has 0 radical (unpaired) electrons. The minimum atomic E-state index is 0.0591. The van der Waals surface area contributed by atoms with Crippen molar-refractivity contribution >= 4 is 27.3 Å². The van der Waals surface area contributed by atoms with Crippen LogP contribution in [-0.4, -0.2) is 10.2 Å². The topological polar surface area (TPSA) is 52.5 Å². The van der Waals surface area contributed by atoms with Crippen LogP contribution in [0.2, 0.25) is 0 Å². The van der Waals surface area contributed by atoms with Crippen molar-refractivity contribution in [1.29, 1.82) is 0 Å². The number of phenols is 2. The Bertz CT molecular complexity index is 521. The van der Waals surface area contributed by atoms with Crippen molar-refractivity contribution in [3.8, 4) is 11.5 Å². The van der Waals surface area contributed by atoms with Crippen LogP contribution in [-0.2, 0) is 6.54 Å². The minimum absolute atomic E-state index is 0.0591. The number of hydrogen-bond acceptors (Lipinski definition) is 4. The molecule has 2 aromatic rings. The Morgan fingerprint density at radius 2 is 1.89 bits per heavy atom. The van der Waals surface area contributed by atoms with Crippen LogP contribution in [0.5, 0.6) is 11.5 Å². The maximum absolute atomic E-state index is 9.44. The highest BCUT2D eigenvalue weighted by Gasteiger charge is 2.08. The van der Waals surface area contributed by atoms with Gasteiger partial charge in [-0.2, -0.15) is 0 Å². The lowest BCUT2D eigenvalue weighted by Gasteiger charge is -2.14. The lowest BCUT2D eigenvalue weighted by molar-refractivity contribution is 0.446. The van der Waals surface area contributed by atoms with Crippen molar-refractivity contribution in [3.05, 3.63) is 44.6 Å². The van der Waals surface area contributed by atoms with E-state index in [9.17, 15) is 10.2 Å². The molecular weight excluding hydrogens is 314 g/mol. The molecule has 2 rings (SSSR count). The molecule has 0 aliphatic carbocycles. The number of phenolic OH excluding ortho intramolecular Hbond substituents is 2. The van der Waals surface area contributed by atoms with E-state index in [2.05, 4.69) is 27.3 Å². The summed E-state index contributed by atoms with van der Waals surface area (Å²) in [6.45, 7) is 2.75. The fourth-order valence-electron chi connectivity index (χ4n) is 1.69. The second-order valence-corrected chi connectivity index (χ2v) is 6.03. The van der Waals surface area contributed by atoms with Crippen LogP contribution >= 0.6 is 27.3 Å². The van der Waals surface area contributed by atoms with Crippen LogP contribution in [0.3, 0.4) is 0 Å². The second kappa shape index (κ2) is 5.73. The number of hydrogen-bond donors (Lipinski definition) is 3. The molecule has 1 atom stereocenters. The Morgan fingerprint density at radius 1 is 1.22 bits per heavy atom. The zero-order chi connectivity index (χ0) is 13.1. The third-order valence-electron chi connectivity index (χ3n) is 2.63. The van der Waals surface area contributed by atoms with Crippen LogP contribution in [0.15, 0.2) is 34.1 Å². The molecular formula is C13H14BrNO2S. The molecule has 3 N–H and O–H groups in total. The quantitative estimate of drug-likeness (QED) is 0.801. The van der Waals surface area contributed by atoms with Gasteiger partial charge in [0, 0.05) is 33.4 Å². The van der Waals surface area contributed by atoms with Crippen LogP contribution in [0.1, 0.15) is 23.4 Å². The first kappa shape index (κ1) is 13.4. The average molecular weight is 328 g/mol. The number of benzene rings is 1. The Hall–Kier alpha value is -1.04. The van der Waals surface area contributed by atoms with Crippen molar-refractivity contribution in [2.24, 2.45) is 0 Å². The van der Waals surface area contributed by atoms with Gasteiger partial charge in [0.25, 0.3) is 0 Å². The van der Waals surface area contributed by atoms with E-state index in [1.165, 1.54) is 10.9 Å². The van der Waals surface area contributed by atoms with E-state index in [1.54, 1.807) is 23.5 Å². The lowest BCUT2D eigenvalue weighted by Crippen LogP contribution is -2.17. The van der Waals surface area contributed by atoms with E-state index < -0.39 is 0 Å². The van der Waals surface area contributed by atoms with Crippen LogP contribution in [0.4, 0.5) is 0 Å². The highest BCUT2D eigenvalue weighted by molar-refractivity contribution is 9.10. The van der Waals surface area contributed by atoms with E-state index in [0.717, 1.165) is 16.6 Å². The summed E-state index contributed by atoms with van der Waals surface area (Å²) in [5, 5.41) is 24.3.